The summed E-state index contributed by atoms with van der Waals surface area (Å²) in [7, 11) is 0. The quantitative estimate of drug-likeness (QED) is 0.762. The number of benzene rings is 1. The summed E-state index contributed by atoms with van der Waals surface area (Å²) in [5, 5.41) is 4.84. The third-order valence-electron chi connectivity index (χ3n) is 3.13. The van der Waals surface area contributed by atoms with Crippen molar-refractivity contribution in [1.29, 1.82) is 0 Å². The molecular weight excluding hydrogens is 253 g/mol. The van der Waals surface area contributed by atoms with E-state index >= 15 is 0 Å². The molecule has 3 heteroatoms. The molecular formula is C14H21Cl2N. The van der Waals surface area contributed by atoms with Gasteiger partial charge in [0.15, 0.2) is 0 Å². The van der Waals surface area contributed by atoms with Crippen LogP contribution in [0, 0.1) is 5.92 Å². The third kappa shape index (κ3) is 4.17. The van der Waals surface area contributed by atoms with E-state index in [-0.39, 0.29) is 0 Å². The third-order valence-corrected chi connectivity index (χ3v) is 3.87. The second-order valence-corrected chi connectivity index (χ2v) is 5.31. The maximum atomic E-state index is 6.08. The fourth-order valence-corrected chi connectivity index (χ4v) is 2.20. The second-order valence-electron chi connectivity index (χ2n) is 4.49. The Balaban J connectivity index is 2.91. The van der Waals surface area contributed by atoms with Crippen LogP contribution < -0.4 is 5.32 Å². The van der Waals surface area contributed by atoms with E-state index in [1.807, 2.05) is 12.1 Å². The Bertz CT molecular complexity index is 352. The molecule has 0 heterocycles. The normalized spacial score (nSPS) is 14.6. The fourth-order valence-electron chi connectivity index (χ4n) is 1.89. The Hall–Kier alpha value is -0.240. The highest BCUT2D eigenvalue weighted by Crippen LogP contribution is 2.30. The van der Waals surface area contributed by atoms with Crippen LogP contribution >= 0.6 is 23.2 Å². The lowest BCUT2D eigenvalue weighted by Gasteiger charge is -2.25. The lowest BCUT2D eigenvalue weighted by molar-refractivity contribution is 0.377. The molecule has 2 unspecified atom stereocenters. The summed E-state index contributed by atoms with van der Waals surface area (Å²) < 4.78 is 0. The monoisotopic (exact) mass is 273 g/mol. The topological polar surface area (TPSA) is 12.0 Å². The molecule has 0 fully saturated rings. The Labute approximate surface area is 115 Å². The highest BCUT2D eigenvalue weighted by molar-refractivity contribution is 6.42. The van der Waals surface area contributed by atoms with Crippen LogP contribution in [0.2, 0.25) is 10.0 Å². The zero-order valence-electron chi connectivity index (χ0n) is 10.8. The standard InChI is InChI=1S/C14H21Cl2N/c1-4-8-17-14(10(3)5-2)11-6-7-12(15)13(16)9-11/h6-7,9-10,14,17H,4-5,8H2,1-3H3. The molecule has 0 aliphatic rings. The summed E-state index contributed by atoms with van der Waals surface area (Å²) in [5.74, 6) is 0.582. The molecule has 0 spiro atoms. The van der Waals surface area contributed by atoms with Crippen molar-refractivity contribution in [3.05, 3.63) is 33.8 Å². The predicted molar refractivity (Wildman–Crippen MR) is 77.0 cm³/mol. The van der Waals surface area contributed by atoms with Crippen LogP contribution in [-0.2, 0) is 0 Å². The van der Waals surface area contributed by atoms with E-state index in [0.29, 0.717) is 22.0 Å². The van der Waals surface area contributed by atoms with Gasteiger partial charge in [0.1, 0.15) is 0 Å². The molecule has 17 heavy (non-hydrogen) atoms. The average molecular weight is 274 g/mol. The van der Waals surface area contributed by atoms with Crippen molar-refractivity contribution in [3.63, 3.8) is 0 Å². The van der Waals surface area contributed by atoms with Crippen LogP contribution in [-0.4, -0.2) is 6.54 Å². The molecule has 1 rings (SSSR count). The molecule has 0 bridgehead atoms. The van der Waals surface area contributed by atoms with Crippen LogP contribution in [0.15, 0.2) is 18.2 Å². The predicted octanol–water partition coefficient (Wildman–Crippen LogP) is 5.08. The van der Waals surface area contributed by atoms with Gasteiger partial charge >= 0.3 is 0 Å². The summed E-state index contributed by atoms with van der Waals surface area (Å²) in [6.45, 7) is 7.67. The molecule has 1 aromatic carbocycles. The average Bonchev–Trinajstić information content (AvgIpc) is 2.33. The molecule has 1 N–H and O–H groups in total. The van der Waals surface area contributed by atoms with Crippen molar-refractivity contribution in [1.82, 2.24) is 5.32 Å². The van der Waals surface area contributed by atoms with E-state index in [1.165, 1.54) is 5.56 Å². The van der Waals surface area contributed by atoms with Gasteiger partial charge in [-0.1, -0.05) is 56.5 Å². The number of rotatable bonds is 6. The lowest BCUT2D eigenvalue weighted by Crippen LogP contribution is -2.27. The van der Waals surface area contributed by atoms with Crippen molar-refractivity contribution >= 4 is 23.2 Å². The van der Waals surface area contributed by atoms with Gasteiger partial charge in [0.25, 0.3) is 0 Å². The second kappa shape index (κ2) is 7.25. The minimum Gasteiger partial charge on any atom is -0.310 e. The molecule has 0 aliphatic carbocycles. The lowest BCUT2D eigenvalue weighted by atomic mass is 9.92. The maximum Gasteiger partial charge on any atom is 0.0595 e. The first-order valence-corrected chi connectivity index (χ1v) is 7.04. The van der Waals surface area contributed by atoms with Gasteiger partial charge in [0, 0.05) is 6.04 Å². The summed E-state index contributed by atoms with van der Waals surface area (Å²) in [6, 6.07) is 6.27. The maximum absolute atomic E-state index is 6.08. The highest BCUT2D eigenvalue weighted by Gasteiger charge is 2.17. The smallest absolute Gasteiger partial charge is 0.0595 e. The fraction of sp³-hybridized carbons (Fsp3) is 0.571. The number of hydrogen-bond acceptors (Lipinski definition) is 1. The molecule has 0 saturated heterocycles. The summed E-state index contributed by atoms with van der Waals surface area (Å²) in [5.41, 5.74) is 1.22. The van der Waals surface area contributed by atoms with E-state index < -0.39 is 0 Å². The summed E-state index contributed by atoms with van der Waals surface area (Å²) in [4.78, 5) is 0. The molecule has 0 aliphatic heterocycles. The zero-order chi connectivity index (χ0) is 12.8. The molecule has 2 atom stereocenters. The van der Waals surface area contributed by atoms with E-state index in [9.17, 15) is 0 Å². The largest absolute Gasteiger partial charge is 0.310 e. The van der Waals surface area contributed by atoms with E-state index in [1.54, 1.807) is 0 Å². The molecule has 96 valence electrons. The molecule has 0 radical (unpaired) electrons. The van der Waals surface area contributed by atoms with Crippen LogP contribution in [0.5, 0.6) is 0 Å². The Morgan fingerprint density at radius 1 is 1.18 bits per heavy atom. The van der Waals surface area contributed by atoms with E-state index in [4.69, 9.17) is 23.2 Å². The Morgan fingerprint density at radius 2 is 1.88 bits per heavy atom. The van der Waals surface area contributed by atoms with Gasteiger partial charge in [-0.05, 0) is 36.6 Å². The molecule has 1 nitrogen and oxygen atoms in total. The van der Waals surface area contributed by atoms with Crippen molar-refractivity contribution < 1.29 is 0 Å². The van der Waals surface area contributed by atoms with Crippen LogP contribution in [0.25, 0.3) is 0 Å². The minimum absolute atomic E-state index is 0.356. The van der Waals surface area contributed by atoms with Gasteiger partial charge in [-0.25, -0.2) is 0 Å². The number of halogens is 2. The van der Waals surface area contributed by atoms with Crippen molar-refractivity contribution in [3.8, 4) is 0 Å². The number of nitrogens with one attached hydrogen (secondary N) is 1. The van der Waals surface area contributed by atoms with E-state index in [2.05, 4.69) is 32.2 Å². The van der Waals surface area contributed by atoms with Gasteiger partial charge in [0.05, 0.1) is 10.0 Å². The van der Waals surface area contributed by atoms with Gasteiger partial charge < -0.3 is 5.32 Å². The molecule has 1 aromatic rings. The molecule has 0 saturated carbocycles. The first kappa shape index (κ1) is 14.8. The van der Waals surface area contributed by atoms with E-state index in [0.717, 1.165) is 19.4 Å². The van der Waals surface area contributed by atoms with Crippen LogP contribution in [0.3, 0.4) is 0 Å². The highest BCUT2D eigenvalue weighted by atomic mass is 35.5. The van der Waals surface area contributed by atoms with Gasteiger partial charge in [-0.3, -0.25) is 0 Å². The Morgan fingerprint density at radius 3 is 2.41 bits per heavy atom. The van der Waals surface area contributed by atoms with Crippen LogP contribution in [0.1, 0.15) is 45.2 Å². The van der Waals surface area contributed by atoms with Crippen molar-refractivity contribution in [2.45, 2.75) is 39.7 Å². The van der Waals surface area contributed by atoms with Crippen LogP contribution in [0.4, 0.5) is 0 Å². The summed E-state index contributed by atoms with van der Waals surface area (Å²) in [6.07, 6.45) is 2.27. The molecule has 0 amide bonds. The van der Waals surface area contributed by atoms with Gasteiger partial charge in [-0.15, -0.1) is 0 Å². The number of hydrogen-bond donors (Lipinski definition) is 1. The van der Waals surface area contributed by atoms with Crippen molar-refractivity contribution in [2.24, 2.45) is 5.92 Å². The SMILES string of the molecule is CCCNC(c1ccc(Cl)c(Cl)c1)C(C)CC. The Kier molecular flexibility index (Phi) is 6.32. The molecule has 0 aromatic heterocycles. The zero-order valence-corrected chi connectivity index (χ0v) is 12.3. The minimum atomic E-state index is 0.356. The van der Waals surface area contributed by atoms with Gasteiger partial charge in [-0.2, -0.15) is 0 Å². The van der Waals surface area contributed by atoms with Gasteiger partial charge in [0.2, 0.25) is 0 Å². The first-order valence-electron chi connectivity index (χ1n) is 6.28. The van der Waals surface area contributed by atoms with Crippen molar-refractivity contribution in [2.75, 3.05) is 6.54 Å². The summed E-state index contributed by atoms with van der Waals surface area (Å²) >= 11 is 12.0. The first-order chi connectivity index (χ1) is 8.10.